The monoisotopic (exact) mass is 293 g/mol. The zero-order chi connectivity index (χ0) is 14.0. The molecule has 106 valence electrons. The number of rotatable bonds is 2. The van der Waals surface area contributed by atoms with Crippen molar-refractivity contribution in [2.75, 3.05) is 18.0 Å². The van der Waals surface area contributed by atoms with Gasteiger partial charge in [-0.05, 0) is 19.3 Å². The molecule has 0 spiro atoms. The van der Waals surface area contributed by atoms with Crippen molar-refractivity contribution in [2.45, 2.75) is 32.4 Å². The Morgan fingerprint density at radius 1 is 1.32 bits per heavy atom. The highest BCUT2D eigenvalue weighted by molar-refractivity contribution is 6.30. The number of nitrogens with zero attached hydrogens (tertiary/aromatic N) is 3. The Morgan fingerprint density at radius 3 is 2.47 bits per heavy atom. The average Bonchev–Trinajstić information content (AvgIpc) is 2.37. The number of alkyl halides is 3. The fraction of sp³-hybridized carbons (Fsp3) is 0.667. The van der Waals surface area contributed by atoms with Crippen molar-refractivity contribution in [3.63, 3.8) is 0 Å². The van der Waals surface area contributed by atoms with Gasteiger partial charge in [0.1, 0.15) is 17.3 Å². The van der Waals surface area contributed by atoms with E-state index < -0.39 is 12.1 Å². The number of piperidine rings is 1. The predicted octanol–water partition coefficient (Wildman–Crippen LogP) is 3.47. The topological polar surface area (TPSA) is 29.0 Å². The van der Waals surface area contributed by atoms with Gasteiger partial charge < -0.3 is 4.90 Å². The Bertz CT molecular complexity index is 442. The van der Waals surface area contributed by atoms with Gasteiger partial charge in [0.2, 0.25) is 0 Å². The van der Waals surface area contributed by atoms with Gasteiger partial charge in [0.25, 0.3) is 0 Å². The molecule has 1 saturated heterocycles. The lowest BCUT2D eigenvalue weighted by molar-refractivity contribution is -0.179. The van der Waals surface area contributed by atoms with Crippen LogP contribution in [0.15, 0.2) is 6.33 Å². The summed E-state index contributed by atoms with van der Waals surface area (Å²) in [5.74, 6) is -0.533. The number of halogens is 4. The molecule has 7 heteroatoms. The smallest absolute Gasteiger partial charge is 0.356 e. The Kier molecular flexibility index (Phi) is 4.18. The lowest BCUT2D eigenvalue weighted by Gasteiger charge is -2.34. The molecule has 2 rings (SSSR count). The van der Waals surface area contributed by atoms with Crippen molar-refractivity contribution in [1.29, 1.82) is 0 Å². The molecule has 0 radical (unpaired) electrons. The highest BCUT2D eigenvalue weighted by Crippen LogP contribution is 2.36. The number of anilines is 1. The SMILES string of the molecule is CCc1c(Cl)ncnc1N1CCC(C(F)(F)F)CC1. The van der Waals surface area contributed by atoms with Gasteiger partial charge in [-0.15, -0.1) is 0 Å². The highest BCUT2D eigenvalue weighted by atomic mass is 35.5. The van der Waals surface area contributed by atoms with Gasteiger partial charge in [0.15, 0.2) is 0 Å². The summed E-state index contributed by atoms with van der Waals surface area (Å²) in [6.45, 7) is 2.63. The molecule has 3 nitrogen and oxygen atoms in total. The molecular weight excluding hydrogens is 279 g/mol. The van der Waals surface area contributed by atoms with Crippen LogP contribution in [0.2, 0.25) is 5.15 Å². The summed E-state index contributed by atoms with van der Waals surface area (Å²) in [7, 11) is 0. The van der Waals surface area contributed by atoms with Crippen molar-refractivity contribution >= 4 is 17.4 Å². The first-order valence-corrected chi connectivity index (χ1v) is 6.62. The van der Waals surface area contributed by atoms with Gasteiger partial charge in [-0.1, -0.05) is 18.5 Å². The maximum atomic E-state index is 12.6. The Hall–Kier alpha value is -1.04. The van der Waals surface area contributed by atoms with Crippen molar-refractivity contribution in [2.24, 2.45) is 5.92 Å². The molecule has 1 aliphatic heterocycles. The number of hydrogen-bond donors (Lipinski definition) is 0. The quantitative estimate of drug-likeness (QED) is 0.782. The summed E-state index contributed by atoms with van der Waals surface area (Å²) in [4.78, 5) is 9.95. The zero-order valence-electron chi connectivity index (χ0n) is 10.5. The fourth-order valence-corrected chi connectivity index (χ4v) is 2.64. The van der Waals surface area contributed by atoms with Crippen molar-refractivity contribution < 1.29 is 13.2 Å². The summed E-state index contributed by atoms with van der Waals surface area (Å²) >= 11 is 5.99. The molecule has 0 bridgehead atoms. The predicted molar refractivity (Wildman–Crippen MR) is 67.4 cm³/mol. The summed E-state index contributed by atoms with van der Waals surface area (Å²) in [5.41, 5.74) is 0.801. The molecule has 1 fully saturated rings. The molecule has 0 N–H and O–H groups in total. The van der Waals surface area contributed by atoms with E-state index in [4.69, 9.17) is 11.6 Å². The van der Waals surface area contributed by atoms with Crippen LogP contribution in [0.3, 0.4) is 0 Å². The first-order chi connectivity index (χ1) is 8.93. The molecule has 0 amide bonds. The number of hydrogen-bond acceptors (Lipinski definition) is 3. The van der Waals surface area contributed by atoms with Gasteiger partial charge >= 0.3 is 6.18 Å². The molecule has 1 aromatic heterocycles. The van der Waals surface area contributed by atoms with Crippen LogP contribution in [-0.2, 0) is 6.42 Å². The first-order valence-electron chi connectivity index (χ1n) is 6.24. The third kappa shape index (κ3) is 3.11. The minimum Gasteiger partial charge on any atom is -0.356 e. The molecule has 1 aromatic rings. The Morgan fingerprint density at radius 2 is 1.95 bits per heavy atom. The average molecular weight is 294 g/mol. The van der Waals surface area contributed by atoms with Gasteiger partial charge in [-0.25, -0.2) is 9.97 Å². The molecule has 1 aliphatic rings. The highest BCUT2D eigenvalue weighted by Gasteiger charge is 2.41. The summed E-state index contributed by atoms with van der Waals surface area (Å²) < 4.78 is 37.8. The molecule has 0 aliphatic carbocycles. The Balaban J connectivity index is 2.12. The number of aromatic nitrogens is 2. The van der Waals surface area contributed by atoms with E-state index in [1.165, 1.54) is 6.33 Å². The minimum atomic E-state index is -4.09. The van der Waals surface area contributed by atoms with Crippen LogP contribution >= 0.6 is 11.6 Å². The second kappa shape index (κ2) is 5.53. The van der Waals surface area contributed by atoms with E-state index in [1.807, 2.05) is 11.8 Å². The third-order valence-electron chi connectivity index (χ3n) is 3.48. The standard InChI is InChI=1S/C12H15ClF3N3/c1-2-9-10(13)17-7-18-11(9)19-5-3-8(4-6-19)12(14,15)16/h7-8H,2-6H2,1H3. The van der Waals surface area contributed by atoms with Gasteiger partial charge in [-0.2, -0.15) is 13.2 Å². The lowest BCUT2D eigenvalue weighted by Crippen LogP contribution is -2.39. The summed E-state index contributed by atoms with van der Waals surface area (Å²) in [5, 5.41) is 0.380. The maximum absolute atomic E-state index is 12.6. The van der Waals surface area contributed by atoms with E-state index in [0.29, 0.717) is 30.5 Å². The van der Waals surface area contributed by atoms with E-state index in [1.54, 1.807) is 0 Å². The molecule has 2 heterocycles. The second-order valence-corrected chi connectivity index (χ2v) is 4.98. The molecule has 19 heavy (non-hydrogen) atoms. The molecule has 0 unspecified atom stereocenters. The lowest BCUT2D eigenvalue weighted by atomic mass is 9.96. The second-order valence-electron chi connectivity index (χ2n) is 4.62. The minimum absolute atomic E-state index is 0.105. The fourth-order valence-electron chi connectivity index (χ4n) is 2.38. The Labute approximate surface area is 114 Å². The normalized spacial score (nSPS) is 17.8. The first kappa shape index (κ1) is 14.4. The van der Waals surface area contributed by atoms with Crippen molar-refractivity contribution in [3.8, 4) is 0 Å². The van der Waals surface area contributed by atoms with Gasteiger partial charge in [0, 0.05) is 18.7 Å². The molecular formula is C12H15ClF3N3. The molecule has 0 atom stereocenters. The molecule has 0 aromatic carbocycles. The van der Waals surface area contributed by atoms with E-state index in [9.17, 15) is 13.2 Å². The van der Waals surface area contributed by atoms with E-state index in [0.717, 1.165) is 5.56 Å². The zero-order valence-corrected chi connectivity index (χ0v) is 11.3. The van der Waals surface area contributed by atoms with E-state index in [2.05, 4.69) is 9.97 Å². The van der Waals surface area contributed by atoms with E-state index >= 15 is 0 Å². The van der Waals surface area contributed by atoms with Gasteiger partial charge in [0.05, 0.1) is 5.92 Å². The van der Waals surface area contributed by atoms with Crippen molar-refractivity contribution in [3.05, 3.63) is 17.0 Å². The van der Waals surface area contributed by atoms with E-state index in [-0.39, 0.29) is 12.8 Å². The van der Waals surface area contributed by atoms with Crippen LogP contribution in [0, 0.1) is 5.92 Å². The van der Waals surface area contributed by atoms with Crippen LogP contribution < -0.4 is 4.90 Å². The summed E-state index contributed by atoms with van der Waals surface area (Å²) in [6.07, 6.45) is -1.87. The third-order valence-corrected chi connectivity index (χ3v) is 3.81. The van der Waals surface area contributed by atoms with Crippen LogP contribution in [0.5, 0.6) is 0 Å². The molecule has 0 saturated carbocycles. The van der Waals surface area contributed by atoms with Crippen molar-refractivity contribution in [1.82, 2.24) is 9.97 Å². The van der Waals surface area contributed by atoms with Gasteiger partial charge in [-0.3, -0.25) is 0 Å². The van der Waals surface area contributed by atoms with Crippen LogP contribution in [0.1, 0.15) is 25.3 Å². The summed E-state index contributed by atoms with van der Waals surface area (Å²) in [6, 6.07) is 0. The maximum Gasteiger partial charge on any atom is 0.391 e. The van der Waals surface area contributed by atoms with Crippen LogP contribution in [-0.4, -0.2) is 29.2 Å². The van der Waals surface area contributed by atoms with Crippen LogP contribution in [0.4, 0.5) is 19.0 Å². The largest absolute Gasteiger partial charge is 0.391 e. The van der Waals surface area contributed by atoms with Crippen LogP contribution in [0.25, 0.3) is 0 Å².